The summed E-state index contributed by atoms with van der Waals surface area (Å²) in [5, 5.41) is 11.6. The largest absolute Gasteiger partial charge is 0.340 e. The highest BCUT2D eigenvalue weighted by atomic mass is 16.5. The fourth-order valence-electron chi connectivity index (χ4n) is 1.93. The van der Waals surface area contributed by atoms with Crippen LogP contribution in [-0.4, -0.2) is 26.5 Å². The summed E-state index contributed by atoms with van der Waals surface area (Å²) < 4.78 is 6.83. The lowest BCUT2D eigenvalue weighted by atomic mass is 10.2. The Balaban J connectivity index is 1.82. The average molecular weight is 249 g/mol. The van der Waals surface area contributed by atoms with Gasteiger partial charge < -0.3 is 9.84 Å². The molecule has 6 heteroatoms. The fraction of sp³-hybridized carbons (Fsp3) is 0.583. The van der Waals surface area contributed by atoms with Crippen molar-refractivity contribution in [2.75, 3.05) is 6.54 Å². The molecule has 0 aliphatic carbocycles. The molecule has 2 aromatic heterocycles. The van der Waals surface area contributed by atoms with E-state index in [9.17, 15) is 0 Å². The Kier molecular flexibility index (Phi) is 3.76. The molecule has 0 aromatic carbocycles. The van der Waals surface area contributed by atoms with Crippen molar-refractivity contribution in [1.29, 1.82) is 0 Å². The first kappa shape index (κ1) is 12.8. The zero-order chi connectivity index (χ0) is 13.1. The molecule has 2 aromatic rings. The number of hydrogen-bond donors (Lipinski definition) is 1. The smallest absolute Gasteiger partial charge is 0.223 e. The minimum Gasteiger partial charge on any atom is -0.340 e. The van der Waals surface area contributed by atoms with Gasteiger partial charge in [-0.2, -0.15) is 10.1 Å². The lowest BCUT2D eigenvalue weighted by molar-refractivity contribution is 0.387. The van der Waals surface area contributed by atoms with Gasteiger partial charge in [-0.3, -0.25) is 4.68 Å². The number of nitrogens with zero attached hydrogens (tertiary/aromatic N) is 4. The van der Waals surface area contributed by atoms with Crippen molar-refractivity contribution in [3.63, 3.8) is 0 Å². The summed E-state index contributed by atoms with van der Waals surface area (Å²) >= 11 is 0. The van der Waals surface area contributed by atoms with E-state index in [2.05, 4.69) is 27.5 Å². The molecule has 0 aliphatic rings. The molecule has 0 bridgehead atoms. The lowest BCUT2D eigenvalue weighted by Crippen LogP contribution is -2.18. The van der Waals surface area contributed by atoms with E-state index in [1.54, 1.807) is 6.92 Å². The van der Waals surface area contributed by atoms with Crippen LogP contribution in [0.25, 0.3) is 0 Å². The highest BCUT2D eigenvalue weighted by Gasteiger charge is 2.08. The molecule has 2 heterocycles. The fourth-order valence-corrected chi connectivity index (χ4v) is 1.93. The lowest BCUT2D eigenvalue weighted by Gasteiger charge is -2.03. The minimum absolute atomic E-state index is 0.615. The van der Waals surface area contributed by atoms with Crippen LogP contribution in [0.4, 0.5) is 0 Å². The number of aryl methyl sites for hydroxylation is 3. The SMILES string of the molecule is Cc1nc(CCNCc2c(C)nn(C)c2C)no1. The van der Waals surface area contributed by atoms with E-state index < -0.39 is 0 Å². The Bertz CT molecular complexity index is 529. The zero-order valence-electron chi connectivity index (χ0n) is 11.3. The zero-order valence-corrected chi connectivity index (χ0v) is 11.3. The molecule has 0 saturated carbocycles. The summed E-state index contributed by atoms with van der Waals surface area (Å²) in [4.78, 5) is 4.16. The predicted octanol–water partition coefficient (Wildman–Crippen LogP) is 1.06. The second-order valence-corrected chi connectivity index (χ2v) is 4.43. The van der Waals surface area contributed by atoms with Crippen molar-refractivity contribution in [1.82, 2.24) is 25.2 Å². The summed E-state index contributed by atoms with van der Waals surface area (Å²) in [5.74, 6) is 1.36. The van der Waals surface area contributed by atoms with Crippen LogP contribution >= 0.6 is 0 Å². The number of rotatable bonds is 5. The van der Waals surface area contributed by atoms with Crippen molar-refractivity contribution in [3.05, 3.63) is 28.7 Å². The molecule has 98 valence electrons. The molecule has 0 amide bonds. The van der Waals surface area contributed by atoms with Gasteiger partial charge in [0.25, 0.3) is 0 Å². The topological polar surface area (TPSA) is 68.8 Å². The second-order valence-electron chi connectivity index (χ2n) is 4.43. The Morgan fingerprint density at radius 3 is 2.61 bits per heavy atom. The summed E-state index contributed by atoms with van der Waals surface area (Å²) in [6.07, 6.45) is 0.774. The molecular formula is C12H19N5O. The molecule has 0 saturated heterocycles. The molecule has 0 atom stereocenters. The van der Waals surface area contributed by atoms with E-state index in [0.717, 1.165) is 31.0 Å². The maximum Gasteiger partial charge on any atom is 0.223 e. The van der Waals surface area contributed by atoms with Gasteiger partial charge in [-0.15, -0.1) is 0 Å². The van der Waals surface area contributed by atoms with Gasteiger partial charge in [0.1, 0.15) is 0 Å². The highest BCUT2D eigenvalue weighted by Crippen LogP contribution is 2.10. The first-order valence-corrected chi connectivity index (χ1v) is 6.07. The van der Waals surface area contributed by atoms with Gasteiger partial charge in [-0.05, 0) is 13.8 Å². The molecule has 0 unspecified atom stereocenters. The maximum absolute atomic E-state index is 4.92. The first-order valence-electron chi connectivity index (χ1n) is 6.07. The summed E-state index contributed by atoms with van der Waals surface area (Å²) in [7, 11) is 1.97. The Labute approximate surface area is 106 Å². The summed E-state index contributed by atoms with van der Waals surface area (Å²) in [6.45, 7) is 7.56. The molecule has 6 nitrogen and oxygen atoms in total. The normalized spacial score (nSPS) is 11.1. The van der Waals surface area contributed by atoms with Crippen LogP contribution in [0.1, 0.15) is 28.7 Å². The van der Waals surface area contributed by atoms with E-state index in [4.69, 9.17) is 4.52 Å². The van der Waals surface area contributed by atoms with Gasteiger partial charge in [-0.25, -0.2) is 0 Å². The van der Waals surface area contributed by atoms with Crippen LogP contribution in [-0.2, 0) is 20.0 Å². The monoisotopic (exact) mass is 249 g/mol. The molecule has 2 rings (SSSR count). The Morgan fingerprint density at radius 1 is 1.28 bits per heavy atom. The quantitative estimate of drug-likeness (QED) is 0.802. The van der Waals surface area contributed by atoms with Crippen molar-refractivity contribution in [2.45, 2.75) is 33.7 Å². The van der Waals surface area contributed by atoms with E-state index in [0.29, 0.717) is 5.89 Å². The molecule has 1 N–H and O–H groups in total. The van der Waals surface area contributed by atoms with Crippen LogP contribution in [0.3, 0.4) is 0 Å². The number of hydrogen-bond acceptors (Lipinski definition) is 5. The molecule has 0 aliphatic heterocycles. The summed E-state index contributed by atoms with van der Waals surface area (Å²) in [6, 6.07) is 0. The molecule has 0 fully saturated rings. The molecule has 0 radical (unpaired) electrons. The predicted molar refractivity (Wildman–Crippen MR) is 67.1 cm³/mol. The molecular weight excluding hydrogens is 230 g/mol. The van der Waals surface area contributed by atoms with Gasteiger partial charge in [0.2, 0.25) is 5.89 Å². The van der Waals surface area contributed by atoms with Gasteiger partial charge in [-0.1, -0.05) is 5.16 Å². The number of nitrogens with one attached hydrogen (secondary N) is 1. The third-order valence-corrected chi connectivity index (χ3v) is 3.06. The minimum atomic E-state index is 0.615. The molecule has 0 spiro atoms. The van der Waals surface area contributed by atoms with Crippen LogP contribution < -0.4 is 5.32 Å². The highest BCUT2D eigenvalue weighted by molar-refractivity contribution is 5.23. The van der Waals surface area contributed by atoms with Crippen LogP contribution in [0.5, 0.6) is 0 Å². The van der Waals surface area contributed by atoms with E-state index >= 15 is 0 Å². The average Bonchev–Trinajstić information content (AvgIpc) is 2.82. The first-order chi connectivity index (χ1) is 8.58. The van der Waals surface area contributed by atoms with Gasteiger partial charge in [0.15, 0.2) is 5.82 Å². The van der Waals surface area contributed by atoms with Gasteiger partial charge in [0, 0.05) is 44.7 Å². The van der Waals surface area contributed by atoms with Crippen molar-refractivity contribution < 1.29 is 4.52 Å². The van der Waals surface area contributed by atoms with Crippen molar-refractivity contribution in [2.24, 2.45) is 7.05 Å². The van der Waals surface area contributed by atoms with E-state index in [1.165, 1.54) is 11.3 Å². The maximum atomic E-state index is 4.92. The van der Waals surface area contributed by atoms with E-state index in [1.807, 2.05) is 18.7 Å². The standard InChI is InChI=1S/C12H19N5O/c1-8-11(9(2)17(4)15-8)7-13-6-5-12-14-10(3)18-16-12/h13H,5-7H2,1-4H3. The van der Waals surface area contributed by atoms with Gasteiger partial charge in [0.05, 0.1) is 5.69 Å². The van der Waals surface area contributed by atoms with Gasteiger partial charge >= 0.3 is 0 Å². The van der Waals surface area contributed by atoms with Crippen LogP contribution in [0.15, 0.2) is 4.52 Å². The number of aromatic nitrogens is 4. The van der Waals surface area contributed by atoms with Crippen LogP contribution in [0, 0.1) is 20.8 Å². The van der Waals surface area contributed by atoms with Crippen molar-refractivity contribution in [3.8, 4) is 0 Å². The Morgan fingerprint density at radius 2 is 2.06 bits per heavy atom. The second kappa shape index (κ2) is 5.30. The molecule has 18 heavy (non-hydrogen) atoms. The summed E-state index contributed by atoms with van der Waals surface area (Å²) in [5.41, 5.74) is 3.55. The van der Waals surface area contributed by atoms with Crippen molar-refractivity contribution >= 4 is 0 Å². The third kappa shape index (κ3) is 2.76. The van der Waals surface area contributed by atoms with E-state index in [-0.39, 0.29) is 0 Å². The van der Waals surface area contributed by atoms with Crippen LogP contribution in [0.2, 0.25) is 0 Å². The third-order valence-electron chi connectivity index (χ3n) is 3.06. The Hall–Kier alpha value is -1.69.